The molecule has 0 aliphatic carbocycles. The van der Waals surface area contributed by atoms with Gasteiger partial charge in [0.2, 0.25) is 0 Å². The maximum absolute atomic E-state index is 10.7. The number of rotatable bonds is 4. The molecule has 1 rings (SSSR count). The summed E-state index contributed by atoms with van der Waals surface area (Å²) in [5, 5.41) is 12.0. The van der Waals surface area contributed by atoms with Crippen LogP contribution in [0.1, 0.15) is 10.4 Å². The third-order valence-corrected chi connectivity index (χ3v) is 2.00. The van der Waals surface area contributed by atoms with E-state index in [1.165, 1.54) is 6.07 Å². The highest BCUT2D eigenvalue weighted by atomic mass is 35.5. The van der Waals surface area contributed by atoms with Gasteiger partial charge in [0.1, 0.15) is 0 Å². The number of halogens is 3. The van der Waals surface area contributed by atoms with Crippen LogP contribution in [-0.2, 0) is 0 Å². The standard InChI is InChI=1S/C9H11ClN2O2.2ClH/c10-8-2-1-6(12-4-3-11)5-7(8)9(13)14;;/h1-2,5,12H,3-4,11H2,(H,13,14);2*1H. The van der Waals surface area contributed by atoms with E-state index in [9.17, 15) is 4.79 Å². The molecule has 0 aromatic heterocycles. The third-order valence-electron chi connectivity index (χ3n) is 1.67. The van der Waals surface area contributed by atoms with Crippen LogP contribution < -0.4 is 11.1 Å². The molecule has 16 heavy (non-hydrogen) atoms. The minimum Gasteiger partial charge on any atom is -0.478 e. The second-order valence-corrected chi connectivity index (χ2v) is 3.12. The van der Waals surface area contributed by atoms with E-state index >= 15 is 0 Å². The van der Waals surface area contributed by atoms with Gasteiger partial charge in [-0.05, 0) is 18.2 Å². The predicted octanol–water partition coefficient (Wildman–Crippen LogP) is 2.25. The first-order chi connectivity index (χ1) is 6.65. The van der Waals surface area contributed by atoms with Gasteiger partial charge in [-0.15, -0.1) is 24.8 Å². The molecule has 0 atom stereocenters. The molecule has 0 aliphatic heterocycles. The lowest BCUT2D eigenvalue weighted by Gasteiger charge is -2.06. The number of aromatic carboxylic acids is 1. The van der Waals surface area contributed by atoms with Crippen LogP contribution >= 0.6 is 36.4 Å². The van der Waals surface area contributed by atoms with Crippen molar-refractivity contribution >= 4 is 48.1 Å². The van der Waals surface area contributed by atoms with Crippen molar-refractivity contribution in [3.63, 3.8) is 0 Å². The van der Waals surface area contributed by atoms with E-state index < -0.39 is 5.97 Å². The van der Waals surface area contributed by atoms with E-state index in [1.54, 1.807) is 12.1 Å². The Morgan fingerprint density at radius 1 is 1.44 bits per heavy atom. The monoisotopic (exact) mass is 286 g/mol. The zero-order chi connectivity index (χ0) is 10.6. The Labute approximate surface area is 111 Å². The Balaban J connectivity index is 0. The molecule has 0 bridgehead atoms. The first-order valence-electron chi connectivity index (χ1n) is 4.12. The molecular weight excluding hydrogens is 274 g/mol. The largest absolute Gasteiger partial charge is 0.478 e. The lowest BCUT2D eigenvalue weighted by molar-refractivity contribution is 0.0697. The number of hydrogen-bond donors (Lipinski definition) is 3. The number of anilines is 1. The Kier molecular flexibility index (Phi) is 9.37. The molecule has 0 radical (unpaired) electrons. The van der Waals surface area contributed by atoms with Crippen LogP contribution in [-0.4, -0.2) is 24.2 Å². The van der Waals surface area contributed by atoms with E-state index in [0.717, 1.165) is 0 Å². The van der Waals surface area contributed by atoms with Crippen LogP contribution in [0.3, 0.4) is 0 Å². The SMILES string of the molecule is Cl.Cl.NCCNc1ccc(Cl)c(C(=O)O)c1. The smallest absolute Gasteiger partial charge is 0.337 e. The fourth-order valence-corrected chi connectivity index (χ4v) is 1.21. The van der Waals surface area contributed by atoms with Crippen molar-refractivity contribution < 1.29 is 9.90 Å². The quantitative estimate of drug-likeness (QED) is 0.794. The number of carboxylic acids is 1. The summed E-state index contributed by atoms with van der Waals surface area (Å²) in [4.78, 5) is 10.7. The average Bonchev–Trinajstić information content (AvgIpc) is 2.16. The topological polar surface area (TPSA) is 75.3 Å². The molecule has 1 aromatic rings. The highest BCUT2D eigenvalue weighted by Gasteiger charge is 2.08. The van der Waals surface area contributed by atoms with Crippen LogP contribution in [0.25, 0.3) is 0 Å². The van der Waals surface area contributed by atoms with Gasteiger partial charge in [0.15, 0.2) is 0 Å². The fraction of sp³-hybridized carbons (Fsp3) is 0.222. The number of carbonyl (C=O) groups is 1. The van der Waals surface area contributed by atoms with Gasteiger partial charge in [-0.3, -0.25) is 0 Å². The van der Waals surface area contributed by atoms with Gasteiger partial charge < -0.3 is 16.2 Å². The van der Waals surface area contributed by atoms with Crippen molar-refractivity contribution in [2.24, 2.45) is 5.73 Å². The van der Waals surface area contributed by atoms with Crippen LogP contribution in [0.2, 0.25) is 5.02 Å². The number of benzene rings is 1. The second kappa shape index (κ2) is 8.47. The number of nitrogens with two attached hydrogens (primary N) is 1. The maximum atomic E-state index is 10.7. The molecule has 1 aromatic carbocycles. The molecule has 0 aliphatic rings. The Bertz CT molecular complexity index is 348. The van der Waals surface area contributed by atoms with Gasteiger partial charge in [-0.2, -0.15) is 0 Å². The first-order valence-corrected chi connectivity index (χ1v) is 4.49. The molecule has 0 unspecified atom stereocenters. The van der Waals surface area contributed by atoms with E-state index in [-0.39, 0.29) is 35.4 Å². The van der Waals surface area contributed by atoms with Gasteiger partial charge in [0.25, 0.3) is 0 Å². The minimum atomic E-state index is -1.04. The van der Waals surface area contributed by atoms with Gasteiger partial charge in [-0.1, -0.05) is 11.6 Å². The summed E-state index contributed by atoms with van der Waals surface area (Å²) >= 11 is 5.69. The van der Waals surface area contributed by atoms with E-state index in [0.29, 0.717) is 18.8 Å². The molecule has 4 N–H and O–H groups in total. The number of hydrogen-bond acceptors (Lipinski definition) is 3. The number of carboxylic acid groups (broad SMARTS) is 1. The van der Waals surface area contributed by atoms with Crippen molar-refractivity contribution in [3.8, 4) is 0 Å². The summed E-state index contributed by atoms with van der Waals surface area (Å²) in [5.74, 6) is -1.04. The summed E-state index contributed by atoms with van der Waals surface area (Å²) in [7, 11) is 0. The van der Waals surface area contributed by atoms with E-state index in [1.807, 2.05) is 0 Å². The molecular formula is C9H13Cl3N2O2. The molecule has 0 heterocycles. The molecule has 7 heteroatoms. The zero-order valence-electron chi connectivity index (χ0n) is 8.27. The second-order valence-electron chi connectivity index (χ2n) is 2.72. The van der Waals surface area contributed by atoms with E-state index in [2.05, 4.69) is 5.32 Å². The molecule has 0 saturated carbocycles. The molecule has 0 spiro atoms. The fourth-order valence-electron chi connectivity index (χ4n) is 1.02. The Morgan fingerprint density at radius 3 is 2.56 bits per heavy atom. The highest BCUT2D eigenvalue weighted by Crippen LogP contribution is 2.20. The third kappa shape index (κ3) is 4.90. The highest BCUT2D eigenvalue weighted by molar-refractivity contribution is 6.33. The normalized spacial score (nSPS) is 8.62. The van der Waals surface area contributed by atoms with Crippen LogP contribution in [0.5, 0.6) is 0 Å². The summed E-state index contributed by atoms with van der Waals surface area (Å²) < 4.78 is 0. The summed E-state index contributed by atoms with van der Waals surface area (Å²) in [6.45, 7) is 1.09. The predicted molar refractivity (Wildman–Crippen MR) is 70.5 cm³/mol. The molecule has 92 valence electrons. The summed E-state index contributed by atoms with van der Waals surface area (Å²) in [5.41, 5.74) is 6.10. The lowest BCUT2D eigenvalue weighted by atomic mass is 10.2. The van der Waals surface area contributed by atoms with Crippen molar-refractivity contribution in [1.82, 2.24) is 0 Å². The lowest BCUT2D eigenvalue weighted by Crippen LogP contribution is -2.13. The van der Waals surface area contributed by atoms with Crippen LogP contribution in [0.4, 0.5) is 5.69 Å². The maximum Gasteiger partial charge on any atom is 0.337 e. The number of nitrogens with one attached hydrogen (secondary N) is 1. The van der Waals surface area contributed by atoms with Crippen molar-refractivity contribution in [3.05, 3.63) is 28.8 Å². The Hall–Kier alpha value is -0.680. The van der Waals surface area contributed by atoms with Crippen LogP contribution in [0.15, 0.2) is 18.2 Å². The molecule has 0 saturated heterocycles. The molecule has 0 fully saturated rings. The molecule has 0 amide bonds. The van der Waals surface area contributed by atoms with Gasteiger partial charge in [0.05, 0.1) is 10.6 Å². The van der Waals surface area contributed by atoms with Crippen LogP contribution in [0, 0.1) is 0 Å². The van der Waals surface area contributed by atoms with Gasteiger partial charge in [0, 0.05) is 18.8 Å². The van der Waals surface area contributed by atoms with Crippen molar-refractivity contribution in [1.29, 1.82) is 0 Å². The molecule has 4 nitrogen and oxygen atoms in total. The van der Waals surface area contributed by atoms with E-state index in [4.69, 9.17) is 22.4 Å². The van der Waals surface area contributed by atoms with Gasteiger partial charge in [-0.25, -0.2) is 4.79 Å². The average molecular weight is 288 g/mol. The summed E-state index contributed by atoms with van der Waals surface area (Å²) in [6.07, 6.45) is 0. The Morgan fingerprint density at radius 2 is 2.06 bits per heavy atom. The van der Waals surface area contributed by atoms with Crippen molar-refractivity contribution in [2.45, 2.75) is 0 Å². The summed E-state index contributed by atoms with van der Waals surface area (Å²) in [6, 6.07) is 4.74. The minimum absolute atomic E-state index is 0. The first kappa shape index (κ1) is 17.7. The zero-order valence-corrected chi connectivity index (χ0v) is 10.7. The van der Waals surface area contributed by atoms with Gasteiger partial charge >= 0.3 is 5.97 Å². The van der Waals surface area contributed by atoms with Crippen molar-refractivity contribution in [2.75, 3.05) is 18.4 Å².